The molecular weight excluding hydrogens is 300 g/mol. The van der Waals surface area contributed by atoms with Crippen molar-refractivity contribution < 1.29 is 4.79 Å². The van der Waals surface area contributed by atoms with Gasteiger partial charge in [-0.05, 0) is 33.8 Å². The molecule has 0 unspecified atom stereocenters. The molecule has 0 radical (unpaired) electrons. The average molecular weight is 316 g/mol. The molecule has 3 heterocycles. The second kappa shape index (κ2) is 5.45. The maximum atomic E-state index is 12.2. The van der Waals surface area contributed by atoms with Crippen molar-refractivity contribution in [3.8, 4) is 0 Å². The summed E-state index contributed by atoms with van der Waals surface area (Å²) >= 11 is 1.58. The minimum Gasteiger partial charge on any atom is -0.344 e. The van der Waals surface area contributed by atoms with Gasteiger partial charge in [-0.1, -0.05) is 0 Å². The molecule has 0 aliphatic heterocycles. The Morgan fingerprint density at radius 1 is 1.23 bits per heavy atom. The summed E-state index contributed by atoms with van der Waals surface area (Å²) in [6.45, 7) is 8.10. The first-order valence-electron chi connectivity index (χ1n) is 6.86. The van der Waals surface area contributed by atoms with Crippen LogP contribution in [0.2, 0.25) is 0 Å². The highest BCUT2D eigenvalue weighted by Gasteiger charge is 2.15. The molecule has 0 saturated carbocycles. The van der Waals surface area contributed by atoms with Gasteiger partial charge in [-0.3, -0.25) is 4.79 Å². The molecule has 0 fully saturated rings. The largest absolute Gasteiger partial charge is 0.344 e. The Kier molecular flexibility index (Phi) is 3.61. The third-order valence-corrected chi connectivity index (χ3v) is 4.30. The van der Waals surface area contributed by atoms with Crippen LogP contribution in [0, 0.1) is 27.7 Å². The van der Waals surface area contributed by atoms with Crippen molar-refractivity contribution in [1.82, 2.24) is 29.9 Å². The van der Waals surface area contributed by atoms with E-state index in [0.717, 1.165) is 27.0 Å². The molecule has 3 rings (SSSR count). The van der Waals surface area contributed by atoms with Crippen LogP contribution in [-0.2, 0) is 6.54 Å². The molecule has 7 nitrogen and oxygen atoms in total. The predicted octanol–water partition coefficient (Wildman–Crippen LogP) is 1.74. The van der Waals surface area contributed by atoms with Gasteiger partial charge in [-0.15, -0.1) is 16.4 Å². The van der Waals surface area contributed by atoms with Crippen LogP contribution in [0.5, 0.6) is 0 Å². The quantitative estimate of drug-likeness (QED) is 0.795. The van der Waals surface area contributed by atoms with Crippen LogP contribution in [0.15, 0.2) is 6.07 Å². The number of amides is 1. The number of hydrogen-bond acceptors (Lipinski definition) is 6. The Morgan fingerprint density at radius 3 is 2.68 bits per heavy atom. The highest BCUT2D eigenvalue weighted by Crippen LogP contribution is 2.16. The number of nitrogens with one attached hydrogen (secondary N) is 1. The number of carbonyl (C=O) groups is 1. The molecule has 0 aliphatic rings. The fraction of sp³-hybridized carbons (Fsp3) is 0.357. The van der Waals surface area contributed by atoms with Gasteiger partial charge in [-0.25, -0.2) is 14.5 Å². The monoisotopic (exact) mass is 316 g/mol. The number of aryl methyl sites for hydroxylation is 4. The second-order valence-corrected chi connectivity index (χ2v) is 6.40. The van der Waals surface area contributed by atoms with Crippen LogP contribution in [0.4, 0.5) is 0 Å². The first-order valence-corrected chi connectivity index (χ1v) is 7.68. The zero-order valence-corrected chi connectivity index (χ0v) is 13.7. The van der Waals surface area contributed by atoms with E-state index >= 15 is 0 Å². The number of hydrogen-bond donors (Lipinski definition) is 1. The summed E-state index contributed by atoms with van der Waals surface area (Å²) in [5.74, 6) is 0.251. The lowest BCUT2D eigenvalue weighted by Crippen LogP contribution is -2.24. The molecular formula is C14H16N6OS. The molecule has 8 heteroatoms. The normalized spacial score (nSPS) is 11.1. The van der Waals surface area contributed by atoms with Crippen molar-refractivity contribution in [2.45, 2.75) is 34.2 Å². The highest BCUT2D eigenvalue weighted by atomic mass is 32.1. The Balaban J connectivity index is 1.80. The van der Waals surface area contributed by atoms with Gasteiger partial charge in [0.05, 0.1) is 17.2 Å². The highest BCUT2D eigenvalue weighted by molar-refractivity contribution is 7.11. The topological polar surface area (TPSA) is 85.1 Å². The lowest BCUT2D eigenvalue weighted by molar-refractivity contribution is 0.0941. The van der Waals surface area contributed by atoms with Crippen molar-refractivity contribution in [3.63, 3.8) is 0 Å². The van der Waals surface area contributed by atoms with E-state index in [1.165, 1.54) is 0 Å². The molecule has 114 valence electrons. The third kappa shape index (κ3) is 2.69. The maximum Gasteiger partial charge on any atom is 0.291 e. The Labute approximate surface area is 131 Å². The molecule has 0 aliphatic carbocycles. The van der Waals surface area contributed by atoms with Crippen LogP contribution in [-0.4, -0.2) is 30.5 Å². The van der Waals surface area contributed by atoms with Gasteiger partial charge in [0.15, 0.2) is 0 Å². The zero-order valence-electron chi connectivity index (χ0n) is 12.8. The third-order valence-electron chi connectivity index (χ3n) is 3.23. The van der Waals surface area contributed by atoms with Gasteiger partial charge in [-0.2, -0.15) is 4.98 Å². The van der Waals surface area contributed by atoms with E-state index < -0.39 is 0 Å². The lowest BCUT2D eigenvalue weighted by atomic mass is 10.4. The van der Waals surface area contributed by atoms with E-state index in [1.54, 1.807) is 15.9 Å². The molecule has 0 atom stereocenters. The summed E-state index contributed by atoms with van der Waals surface area (Å²) in [6, 6.07) is 1.90. The lowest BCUT2D eigenvalue weighted by Gasteiger charge is -2.00. The minimum absolute atomic E-state index is 0.125. The predicted molar refractivity (Wildman–Crippen MR) is 83.0 cm³/mol. The minimum atomic E-state index is -0.312. The first kappa shape index (κ1) is 14.6. The van der Waals surface area contributed by atoms with Crippen LogP contribution in [0.1, 0.15) is 37.6 Å². The Bertz CT molecular complexity index is 866. The number of fused-ring (bicyclic) bond motifs is 1. The molecule has 0 aromatic carbocycles. The standard InChI is InChI=1S/C14H16N6OS/c1-7-5-8(2)20-14(16-7)18-12(19-20)13(21)15-6-11-9(3)17-10(4)22-11/h5H,6H2,1-4H3,(H,15,21). The van der Waals surface area contributed by atoms with Crippen molar-refractivity contribution >= 4 is 23.0 Å². The number of rotatable bonds is 3. The van der Waals surface area contributed by atoms with Crippen molar-refractivity contribution in [2.24, 2.45) is 0 Å². The number of carbonyl (C=O) groups excluding carboxylic acids is 1. The van der Waals surface area contributed by atoms with Gasteiger partial charge >= 0.3 is 0 Å². The SMILES string of the molecule is Cc1cc(C)n2nc(C(=O)NCc3sc(C)nc3C)nc2n1. The van der Waals surface area contributed by atoms with E-state index in [9.17, 15) is 4.79 Å². The number of nitrogens with zero attached hydrogens (tertiary/aromatic N) is 5. The van der Waals surface area contributed by atoms with Gasteiger partial charge < -0.3 is 5.32 Å². The fourth-order valence-electron chi connectivity index (χ4n) is 2.24. The summed E-state index contributed by atoms with van der Waals surface area (Å²) < 4.78 is 1.57. The summed E-state index contributed by atoms with van der Waals surface area (Å²) in [6.07, 6.45) is 0. The van der Waals surface area contributed by atoms with Gasteiger partial charge in [0, 0.05) is 16.3 Å². The van der Waals surface area contributed by atoms with Gasteiger partial charge in [0.2, 0.25) is 5.82 Å². The van der Waals surface area contributed by atoms with E-state index in [4.69, 9.17) is 0 Å². The van der Waals surface area contributed by atoms with Crippen molar-refractivity contribution in [2.75, 3.05) is 0 Å². The average Bonchev–Trinajstić information content (AvgIpc) is 2.99. The Hall–Kier alpha value is -2.35. The zero-order chi connectivity index (χ0) is 15.9. The maximum absolute atomic E-state index is 12.2. The summed E-state index contributed by atoms with van der Waals surface area (Å²) in [5.41, 5.74) is 2.68. The fourth-order valence-corrected chi connectivity index (χ4v) is 3.12. The van der Waals surface area contributed by atoms with Crippen molar-refractivity contribution in [3.05, 3.63) is 38.9 Å². The molecule has 3 aromatic rings. The molecule has 1 N–H and O–H groups in total. The first-order chi connectivity index (χ1) is 10.4. The molecule has 0 saturated heterocycles. The van der Waals surface area contributed by atoms with E-state index in [1.807, 2.05) is 33.8 Å². The summed E-state index contributed by atoms with van der Waals surface area (Å²) in [5, 5.41) is 8.03. The van der Waals surface area contributed by atoms with E-state index in [2.05, 4.69) is 25.4 Å². The van der Waals surface area contributed by atoms with E-state index in [-0.39, 0.29) is 11.7 Å². The second-order valence-electron chi connectivity index (χ2n) is 5.11. The van der Waals surface area contributed by atoms with E-state index in [0.29, 0.717) is 12.3 Å². The van der Waals surface area contributed by atoms with Crippen LogP contribution >= 0.6 is 11.3 Å². The summed E-state index contributed by atoms with van der Waals surface area (Å²) in [7, 11) is 0. The molecule has 0 bridgehead atoms. The van der Waals surface area contributed by atoms with Crippen LogP contribution < -0.4 is 5.32 Å². The van der Waals surface area contributed by atoms with Gasteiger partial charge in [0.25, 0.3) is 11.7 Å². The number of aromatic nitrogens is 5. The molecule has 22 heavy (non-hydrogen) atoms. The molecule has 3 aromatic heterocycles. The Morgan fingerprint density at radius 2 is 2.00 bits per heavy atom. The van der Waals surface area contributed by atoms with Gasteiger partial charge in [0.1, 0.15) is 0 Å². The van der Waals surface area contributed by atoms with Crippen LogP contribution in [0.25, 0.3) is 5.78 Å². The molecule has 0 spiro atoms. The van der Waals surface area contributed by atoms with Crippen molar-refractivity contribution in [1.29, 1.82) is 0 Å². The summed E-state index contributed by atoms with van der Waals surface area (Å²) in [4.78, 5) is 26.1. The molecule has 1 amide bonds. The van der Waals surface area contributed by atoms with Crippen LogP contribution in [0.3, 0.4) is 0 Å². The number of thiazole rings is 1. The smallest absolute Gasteiger partial charge is 0.291 e.